The minimum Gasteiger partial charge on any atom is -0.326 e. The first kappa shape index (κ1) is 13.7. The normalized spacial score (nSPS) is 10.8. The second-order valence-corrected chi connectivity index (χ2v) is 5.33. The molecule has 1 heterocycles. The van der Waals surface area contributed by atoms with Crippen LogP contribution in [0.1, 0.15) is 16.7 Å². The molecular weight excluding hydrogens is 287 g/mol. The van der Waals surface area contributed by atoms with E-state index in [1.807, 2.05) is 25.1 Å². The number of fused-ring (bicyclic) bond motifs is 1. The molecule has 0 aliphatic rings. The van der Waals surface area contributed by atoms with E-state index in [-0.39, 0.29) is 5.82 Å². The molecule has 21 heavy (non-hydrogen) atoms. The van der Waals surface area contributed by atoms with Crippen LogP contribution in [0.2, 0.25) is 5.15 Å². The smallest absolute Gasteiger partial charge is 0.128 e. The Balaban J connectivity index is 2.23. The highest BCUT2D eigenvalue weighted by Gasteiger charge is 2.16. The Morgan fingerprint density at radius 3 is 2.71 bits per heavy atom. The van der Waals surface area contributed by atoms with E-state index < -0.39 is 0 Å². The van der Waals surface area contributed by atoms with Gasteiger partial charge in [0.1, 0.15) is 17.0 Å². The Kier molecular flexibility index (Phi) is 3.40. The van der Waals surface area contributed by atoms with Crippen LogP contribution >= 0.6 is 11.6 Å². The summed E-state index contributed by atoms with van der Waals surface area (Å²) in [5.74, 6) is -0.276. The van der Waals surface area contributed by atoms with Crippen molar-refractivity contribution in [1.82, 2.24) is 4.57 Å². The first-order valence-corrected chi connectivity index (χ1v) is 6.91. The third-order valence-corrected chi connectivity index (χ3v) is 3.95. The summed E-state index contributed by atoms with van der Waals surface area (Å²) in [6, 6.07) is 14.5. The monoisotopic (exact) mass is 298 g/mol. The van der Waals surface area contributed by atoms with Gasteiger partial charge in [-0.1, -0.05) is 41.9 Å². The molecule has 0 bridgehead atoms. The molecule has 2 aromatic carbocycles. The molecule has 0 aliphatic carbocycles. The molecule has 0 saturated carbocycles. The molecule has 0 aliphatic heterocycles. The largest absolute Gasteiger partial charge is 0.326 e. The molecule has 3 aromatic rings. The van der Waals surface area contributed by atoms with Crippen LogP contribution in [0, 0.1) is 24.1 Å². The second kappa shape index (κ2) is 5.23. The molecule has 0 unspecified atom stereocenters. The molecule has 0 amide bonds. The van der Waals surface area contributed by atoms with E-state index in [9.17, 15) is 9.65 Å². The van der Waals surface area contributed by atoms with Crippen LogP contribution in [-0.4, -0.2) is 4.57 Å². The van der Waals surface area contributed by atoms with Crippen molar-refractivity contribution in [2.45, 2.75) is 13.5 Å². The van der Waals surface area contributed by atoms with E-state index in [1.165, 1.54) is 6.07 Å². The summed E-state index contributed by atoms with van der Waals surface area (Å²) in [5.41, 5.74) is 2.89. The van der Waals surface area contributed by atoms with Gasteiger partial charge < -0.3 is 4.57 Å². The van der Waals surface area contributed by atoms with Crippen molar-refractivity contribution in [1.29, 1.82) is 5.26 Å². The summed E-state index contributed by atoms with van der Waals surface area (Å²) in [6.07, 6.45) is 0. The average molecular weight is 299 g/mol. The Bertz CT molecular complexity index is 874. The predicted octanol–water partition coefficient (Wildman–Crippen LogP) is 4.66. The first-order chi connectivity index (χ1) is 10.1. The number of nitriles is 1. The van der Waals surface area contributed by atoms with E-state index in [4.69, 9.17) is 11.6 Å². The van der Waals surface area contributed by atoms with Gasteiger partial charge in [-0.15, -0.1) is 0 Å². The fourth-order valence-electron chi connectivity index (χ4n) is 2.49. The summed E-state index contributed by atoms with van der Waals surface area (Å²) in [5, 5.41) is 10.4. The van der Waals surface area contributed by atoms with Crippen molar-refractivity contribution >= 4 is 22.5 Å². The Labute approximate surface area is 127 Å². The number of nitrogens with zero attached hydrogens (tertiary/aromatic N) is 2. The van der Waals surface area contributed by atoms with E-state index in [0.717, 1.165) is 16.5 Å². The number of aryl methyl sites for hydroxylation is 1. The predicted molar refractivity (Wildman–Crippen MR) is 81.9 cm³/mol. The van der Waals surface area contributed by atoms with Crippen LogP contribution in [0.15, 0.2) is 42.5 Å². The standard InChI is InChI=1S/C17H12ClFN2/c1-11-6-7-13-14(9-20)17(18)21(16(13)8-11)10-12-4-2-3-5-15(12)19/h2-8H,10H2,1H3. The van der Waals surface area contributed by atoms with Gasteiger partial charge in [0.05, 0.1) is 17.6 Å². The topological polar surface area (TPSA) is 28.7 Å². The molecule has 4 heteroatoms. The fraction of sp³-hybridized carbons (Fsp3) is 0.118. The van der Waals surface area contributed by atoms with Crippen molar-refractivity contribution < 1.29 is 4.39 Å². The summed E-state index contributed by atoms with van der Waals surface area (Å²) >= 11 is 6.32. The lowest BCUT2D eigenvalue weighted by molar-refractivity contribution is 0.602. The highest BCUT2D eigenvalue weighted by atomic mass is 35.5. The summed E-state index contributed by atoms with van der Waals surface area (Å²) in [6.45, 7) is 2.27. The minimum absolute atomic E-state index is 0.276. The van der Waals surface area contributed by atoms with Crippen LogP contribution in [-0.2, 0) is 6.54 Å². The number of halogens is 2. The summed E-state index contributed by atoms with van der Waals surface area (Å²) in [4.78, 5) is 0. The van der Waals surface area contributed by atoms with Gasteiger partial charge in [0, 0.05) is 10.9 Å². The van der Waals surface area contributed by atoms with Gasteiger partial charge in [0.25, 0.3) is 0 Å². The van der Waals surface area contributed by atoms with Gasteiger partial charge in [-0.2, -0.15) is 5.26 Å². The molecule has 1 aromatic heterocycles. The summed E-state index contributed by atoms with van der Waals surface area (Å²) < 4.78 is 15.6. The first-order valence-electron chi connectivity index (χ1n) is 6.53. The quantitative estimate of drug-likeness (QED) is 0.676. The third kappa shape index (κ3) is 2.28. The molecule has 3 rings (SSSR count). The van der Waals surface area contributed by atoms with E-state index >= 15 is 0 Å². The Hall–Kier alpha value is -2.31. The van der Waals surface area contributed by atoms with Gasteiger partial charge in [-0.05, 0) is 24.6 Å². The van der Waals surface area contributed by atoms with Crippen LogP contribution in [0.3, 0.4) is 0 Å². The molecule has 0 N–H and O–H groups in total. The molecule has 0 fully saturated rings. The molecular formula is C17H12ClFN2. The van der Waals surface area contributed by atoms with Crippen molar-refractivity contribution in [2.24, 2.45) is 0 Å². The highest BCUT2D eigenvalue weighted by Crippen LogP contribution is 2.31. The fourth-order valence-corrected chi connectivity index (χ4v) is 2.78. The minimum atomic E-state index is -0.276. The maximum absolute atomic E-state index is 13.9. The average Bonchev–Trinajstić information content (AvgIpc) is 2.73. The van der Waals surface area contributed by atoms with E-state index in [0.29, 0.717) is 22.8 Å². The van der Waals surface area contributed by atoms with Crippen molar-refractivity contribution in [3.8, 4) is 6.07 Å². The van der Waals surface area contributed by atoms with Crippen molar-refractivity contribution in [2.75, 3.05) is 0 Å². The second-order valence-electron chi connectivity index (χ2n) is 4.98. The zero-order valence-corrected chi connectivity index (χ0v) is 12.2. The van der Waals surface area contributed by atoms with Gasteiger partial charge in [0.2, 0.25) is 0 Å². The van der Waals surface area contributed by atoms with E-state index in [1.54, 1.807) is 22.8 Å². The van der Waals surface area contributed by atoms with Crippen LogP contribution in [0.25, 0.3) is 10.9 Å². The number of benzene rings is 2. The lowest BCUT2D eigenvalue weighted by Gasteiger charge is -2.08. The molecule has 0 spiro atoms. The zero-order valence-electron chi connectivity index (χ0n) is 11.4. The van der Waals surface area contributed by atoms with Crippen LogP contribution < -0.4 is 0 Å². The van der Waals surface area contributed by atoms with E-state index in [2.05, 4.69) is 6.07 Å². The molecule has 0 radical (unpaired) electrons. The maximum Gasteiger partial charge on any atom is 0.128 e. The SMILES string of the molecule is Cc1ccc2c(C#N)c(Cl)n(Cc3ccccc3F)c2c1. The number of aromatic nitrogens is 1. The molecule has 0 saturated heterocycles. The maximum atomic E-state index is 13.9. The number of hydrogen-bond donors (Lipinski definition) is 0. The highest BCUT2D eigenvalue weighted by molar-refractivity contribution is 6.32. The lowest BCUT2D eigenvalue weighted by Crippen LogP contribution is -2.02. The Morgan fingerprint density at radius 2 is 2.00 bits per heavy atom. The molecule has 104 valence electrons. The number of rotatable bonds is 2. The molecule has 0 atom stereocenters. The van der Waals surface area contributed by atoms with Crippen molar-refractivity contribution in [3.63, 3.8) is 0 Å². The van der Waals surface area contributed by atoms with Crippen LogP contribution in [0.5, 0.6) is 0 Å². The third-order valence-electron chi connectivity index (χ3n) is 3.55. The number of hydrogen-bond acceptors (Lipinski definition) is 1. The van der Waals surface area contributed by atoms with Crippen molar-refractivity contribution in [3.05, 3.63) is 70.1 Å². The van der Waals surface area contributed by atoms with Gasteiger partial charge >= 0.3 is 0 Å². The summed E-state index contributed by atoms with van der Waals surface area (Å²) in [7, 11) is 0. The lowest BCUT2D eigenvalue weighted by atomic mass is 10.1. The Morgan fingerprint density at radius 1 is 1.24 bits per heavy atom. The van der Waals surface area contributed by atoms with Gasteiger partial charge in [0.15, 0.2) is 0 Å². The van der Waals surface area contributed by atoms with Crippen LogP contribution in [0.4, 0.5) is 4.39 Å². The molecule has 2 nitrogen and oxygen atoms in total. The van der Waals surface area contributed by atoms with Gasteiger partial charge in [-0.3, -0.25) is 0 Å². The van der Waals surface area contributed by atoms with Gasteiger partial charge in [-0.25, -0.2) is 4.39 Å². The zero-order chi connectivity index (χ0) is 15.0.